The highest BCUT2D eigenvalue weighted by atomic mass is 32.1. The topological polar surface area (TPSA) is 50.4 Å². The number of fused-ring (bicyclic) bond motifs is 1. The molecule has 2 N–H and O–H groups in total. The largest absolute Gasteiger partial charge is 0.465 e. The van der Waals surface area contributed by atoms with Gasteiger partial charge in [-0.15, -0.1) is 11.3 Å². The number of rotatable bonds is 3. The van der Waals surface area contributed by atoms with Crippen LogP contribution in [0.2, 0.25) is 0 Å². The van der Waals surface area contributed by atoms with Crippen molar-refractivity contribution in [3.8, 4) is 0 Å². The first-order chi connectivity index (χ1) is 12.0. The average Bonchev–Trinajstić information content (AvgIpc) is 2.92. The maximum Gasteiger partial charge on any atom is 0.341 e. The first-order valence-corrected chi connectivity index (χ1v) is 9.27. The number of methoxy groups -OCH3 is 1. The molecular formula is C18H19FN2O2S2. The van der Waals surface area contributed by atoms with Crippen molar-refractivity contribution >= 4 is 45.3 Å². The molecule has 1 atom stereocenters. The maximum absolute atomic E-state index is 13.8. The van der Waals surface area contributed by atoms with Gasteiger partial charge in [0.05, 0.1) is 18.4 Å². The van der Waals surface area contributed by atoms with Gasteiger partial charge in [0.1, 0.15) is 10.8 Å². The molecule has 25 heavy (non-hydrogen) atoms. The van der Waals surface area contributed by atoms with E-state index in [9.17, 15) is 9.18 Å². The van der Waals surface area contributed by atoms with Gasteiger partial charge in [0.25, 0.3) is 0 Å². The van der Waals surface area contributed by atoms with Crippen molar-refractivity contribution in [3.63, 3.8) is 0 Å². The molecule has 0 amide bonds. The van der Waals surface area contributed by atoms with E-state index in [4.69, 9.17) is 17.0 Å². The van der Waals surface area contributed by atoms with E-state index in [1.807, 2.05) is 0 Å². The molecule has 1 aliphatic carbocycles. The van der Waals surface area contributed by atoms with Crippen LogP contribution < -0.4 is 10.6 Å². The van der Waals surface area contributed by atoms with Crippen LogP contribution in [-0.2, 0) is 17.6 Å². The number of thiophene rings is 1. The minimum Gasteiger partial charge on any atom is -0.465 e. The standard InChI is InChI=1S/C18H19FN2O2S2/c1-10-7-8-11-14(9-10)25-16(15(11)17(22)23-2)21-18(24)20-13-6-4-3-5-12(13)19/h3-6,10H,7-9H2,1-2H3,(H2,20,21,24). The Bertz CT molecular complexity index is 819. The van der Waals surface area contributed by atoms with Crippen LogP contribution in [0.4, 0.5) is 15.1 Å². The Kier molecular flexibility index (Phi) is 5.34. The lowest BCUT2D eigenvalue weighted by Gasteiger charge is -2.18. The monoisotopic (exact) mass is 378 g/mol. The summed E-state index contributed by atoms with van der Waals surface area (Å²) in [6.07, 6.45) is 2.84. The van der Waals surface area contributed by atoms with Crippen molar-refractivity contribution < 1.29 is 13.9 Å². The zero-order valence-corrected chi connectivity index (χ0v) is 15.7. The van der Waals surface area contributed by atoms with Crippen LogP contribution in [0, 0.1) is 11.7 Å². The van der Waals surface area contributed by atoms with Gasteiger partial charge in [-0.1, -0.05) is 19.1 Å². The summed E-state index contributed by atoms with van der Waals surface area (Å²) in [6.45, 7) is 2.21. The lowest BCUT2D eigenvalue weighted by atomic mass is 9.88. The summed E-state index contributed by atoms with van der Waals surface area (Å²) >= 11 is 6.81. The van der Waals surface area contributed by atoms with Gasteiger partial charge >= 0.3 is 5.97 Å². The van der Waals surface area contributed by atoms with Gasteiger partial charge in [0.2, 0.25) is 0 Å². The third-order valence-corrected chi connectivity index (χ3v) is 5.62. The van der Waals surface area contributed by atoms with Gasteiger partial charge in [-0.05, 0) is 55.1 Å². The van der Waals surface area contributed by atoms with Crippen LogP contribution in [0.15, 0.2) is 24.3 Å². The molecule has 0 bridgehead atoms. The fraction of sp³-hybridized carbons (Fsp3) is 0.333. The Hall–Kier alpha value is -1.99. The van der Waals surface area contributed by atoms with E-state index >= 15 is 0 Å². The van der Waals surface area contributed by atoms with Crippen molar-refractivity contribution in [1.29, 1.82) is 0 Å². The number of benzene rings is 1. The molecule has 132 valence electrons. The minimum atomic E-state index is -0.390. The fourth-order valence-electron chi connectivity index (χ4n) is 2.98. The molecule has 3 rings (SSSR count). The van der Waals surface area contributed by atoms with Crippen LogP contribution in [0.25, 0.3) is 0 Å². The van der Waals surface area contributed by atoms with E-state index in [1.54, 1.807) is 18.2 Å². The highest BCUT2D eigenvalue weighted by molar-refractivity contribution is 7.80. The van der Waals surface area contributed by atoms with Crippen molar-refractivity contribution in [1.82, 2.24) is 0 Å². The summed E-state index contributed by atoms with van der Waals surface area (Å²) in [7, 11) is 1.37. The SMILES string of the molecule is COC(=O)c1c(NC(=S)Nc2ccccc2F)sc2c1CCC(C)C2. The number of hydrogen-bond donors (Lipinski definition) is 2. The Balaban J connectivity index is 1.85. The van der Waals surface area contributed by atoms with Crippen molar-refractivity contribution in [2.45, 2.75) is 26.2 Å². The van der Waals surface area contributed by atoms with Crippen molar-refractivity contribution in [3.05, 3.63) is 46.1 Å². The van der Waals surface area contributed by atoms with E-state index in [1.165, 1.54) is 29.4 Å². The van der Waals surface area contributed by atoms with Crippen LogP contribution in [0.3, 0.4) is 0 Å². The van der Waals surface area contributed by atoms with Crippen LogP contribution in [0.5, 0.6) is 0 Å². The fourth-order valence-corrected chi connectivity index (χ4v) is 4.66. The molecular weight excluding hydrogens is 359 g/mol. The molecule has 1 unspecified atom stereocenters. The second kappa shape index (κ2) is 7.49. The number of ether oxygens (including phenoxy) is 1. The number of para-hydroxylation sites is 1. The van der Waals surface area contributed by atoms with Gasteiger partial charge in [0, 0.05) is 4.88 Å². The van der Waals surface area contributed by atoms with Crippen molar-refractivity contribution in [2.24, 2.45) is 5.92 Å². The molecule has 1 heterocycles. The maximum atomic E-state index is 13.8. The average molecular weight is 378 g/mol. The van der Waals surface area contributed by atoms with Gasteiger partial charge < -0.3 is 15.4 Å². The van der Waals surface area contributed by atoms with Gasteiger partial charge in [0.15, 0.2) is 5.11 Å². The lowest BCUT2D eigenvalue weighted by molar-refractivity contribution is 0.0601. The molecule has 0 aliphatic heterocycles. The summed E-state index contributed by atoms with van der Waals surface area (Å²) < 4.78 is 18.7. The van der Waals surface area contributed by atoms with E-state index in [0.717, 1.165) is 24.8 Å². The zero-order valence-electron chi connectivity index (χ0n) is 14.0. The number of hydrogen-bond acceptors (Lipinski definition) is 4. The molecule has 1 aliphatic rings. The molecule has 1 aromatic carbocycles. The van der Waals surface area contributed by atoms with Crippen LogP contribution >= 0.6 is 23.6 Å². The molecule has 2 aromatic rings. The molecule has 0 saturated carbocycles. The summed E-state index contributed by atoms with van der Waals surface area (Å²) in [4.78, 5) is 13.5. The van der Waals surface area contributed by atoms with Gasteiger partial charge in [-0.25, -0.2) is 9.18 Å². The third kappa shape index (κ3) is 3.82. The Morgan fingerprint density at radius 2 is 2.12 bits per heavy atom. The van der Waals surface area contributed by atoms with Crippen molar-refractivity contribution in [2.75, 3.05) is 17.7 Å². The number of esters is 1. The number of thiocarbonyl (C=S) groups is 1. The van der Waals surface area contributed by atoms with E-state index < -0.39 is 0 Å². The summed E-state index contributed by atoms with van der Waals surface area (Å²) in [5.41, 5.74) is 1.88. The quantitative estimate of drug-likeness (QED) is 0.603. The normalized spacial score (nSPS) is 16.0. The summed E-state index contributed by atoms with van der Waals surface area (Å²) in [5.74, 6) is -0.171. The second-order valence-corrected chi connectivity index (χ2v) is 7.62. The Labute approximate surface area is 155 Å². The molecule has 7 heteroatoms. The Morgan fingerprint density at radius 3 is 2.84 bits per heavy atom. The predicted molar refractivity (Wildman–Crippen MR) is 103 cm³/mol. The van der Waals surface area contributed by atoms with E-state index in [2.05, 4.69) is 17.6 Å². The smallest absolute Gasteiger partial charge is 0.341 e. The number of carbonyl (C=O) groups is 1. The van der Waals surface area contributed by atoms with E-state index in [-0.39, 0.29) is 22.6 Å². The Morgan fingerprint density at radius 1 is 1.36 bits per heavy atom. The highest BCUT2D eigenvalue weighted by Gasteiger charge is 2.28. The van der Waals surface area contributed by atoms with Gasteiger partial charge in [-0.2, -0.15) is 0 Å². The molecule has 1 aromatic heterocycles. The summed E-state index contributed by atoms with van der Waals surface area (Å²) in [5, 5.41) is 6.77. The highest BCUT2D eigenvalue weighted by Crippen LogP contribution is 2.40. The van der Waals surface area contributed by atoms with Crippen LogP contribution in [0.1, 0.15) is 34.1 Å². The van der Waals surface area contributed by atoms with E-state index in [0.29, 0.717) is 16.5 Å². The number of carbonyl (C=O) groups excluding carboxylic acids is 1. The van der Waals surface area contributed by atoms with Gasteiger partial charge in [-0.3, -0.25) is 0 Å². The first kappa shape index (κ1) is 17.8. The second-order valence-electron chi connectivity index (χ2n) is 6.11. The third-order valence-electron chi connectivity index (χ3n) is 4.25. The number of nitrogens with one attached hydrogen (secondary N) is 2. The molecule has 4 nitrogen and oxygen atoms in total. The predicted octanol–water partition coefficient (Wildman–Crippen LogP) is 4.61. The molecule has 0 spiro atoms. The summed E-state index contributed by atoms with van der Waals surface area (Å²) in [6, 6.07) is 6.29. The number of halogens is 1. The zero-order chi connectivity index (χ0) is 18.0. The molecule has 0 radical (unpaired) electrons. The minimum absolute atomic E-state index is 0.238. The van der Waals surface area contributed by atoms with Crippen LogP contribution in [-0.4, -0.2) is 18.2 Å². The molecule has 0 fully saturated rings. The first-order valence-electron chi connectivity index (χ1n) is 8.05. The number of anilines is 2. The molecule has 0 saturated heterocycles. The lowest BCUT2D eigenvalue weighted by Crippen LogP contribution is -2.21.